The summed E-state index contributed by atoms with van der Waals surface area (Å²) in [7, 11) is 0. The average molecular weight is 182 g/mol. The fraction of sp³-hybridized carbons (Fsp3) is 0.778. The van der Waals surface area contributed by atoms with Gasteiger partial charge in [-0.1, -0.05) is 13.3 Å². The van der Waals surface area contributed by atoms with Crippen molar-refractivity contribution in [3.8, 4) is 0 Å². The Kier molecular flexibility index (Phi) is 3.65. The highest BCUT2D eigenvalue weighted by Gasteiger charge is 2.22. The molecule has 0 bridgehead atoms. The molecule has 1 fully saturated rings. The van der Waals surface area contributed by atoms with Crippen molar-refractivity contribution >= 4 is 12.2 Å². The van der Waals surface area contributed by atoms with Crippen LogP contribution < -0.4 is 0 Å². The van der Waals surface area contributed by atoms with Crippen LogP contribution in [-0.2, 0) is 9.53 Å². The Labute approximate surface area is 77.5 Å². The Morgan fingerprint density at radius 3 is 3.00 bits per heavy atom. The number of ether oxygens (including phenoxy) is 1. The summed E-state index contributed by atoms with van der Waals surface area (Å²) in [6.07, 6.45) is 4.25. The molecule has 72 valence electrons. The highest BCUT2D eigenvalue weighted by molar-refractivity contribution is 6.20. The van der Waals surface area contributed by atoms with Gasteiger partial charge in [0.1, 0.15) is 0 Å². The van der Waals surface area contributed by atoms with Gasteiger partial charge in [0, 0.05) is 0 Å². The van der Waals surface area contributed by atoms with Gasteiger partial charge in [-0.25, -0.2) is 4.79 Å². The van der Waals surface area contributed by atoms with Gasteiger partial charge in [0.2, 0.25) is 0 Å². The number of rotatable bonds is 3. The molecule has 0 aromatic heterocycles. The molecule has 2 unspecified atom stereocenters. The van der Waals surface area contributed by atoms with E-state index >= 15 is 0 Å². The molecule has 0 heterocycles. The molecule has 0 amide bonds. The Morgan fingerprint density at radius 2 is 2.46 bits per heavy atom. The first kappa shape index (κ1) is 9.93. The van der Waals surface area contributed by atoms with E-state index in [0.717, 1.165) is 25.0 Å². The monoisotopic (exact) mass is 182 g/mol. The van der Waals surface area contributed by atoms with Gasteiger partial charge < -0.3 is 10.3 Å². The van der Waals surface area contributed by atoms with Gasteiger partial charge >= 0.3 is 12.2 Å². The average Bonchev–Trinajstić information content (AvgIpc) is 2.49. The number of carbonyl (C=O) groups excluding carboxylic acids is 1. The van der Waals surface area contributed by atoms with Crippen molar-refractivity contribution in [3.05, 3.63) is 5.53 Å². The number of esters is 1. The van der Waals surface area contributed by atoms with Crippen LogP contribution in [0.25, 0.3) is 5.53 Å². The summed E-state index contributed by atoms with van der Waals surface area (Å²) in [5.41, 5.74) is 8.04. The lowest BCUT2D eigenvalue weighted by atomic mass is 10.1. The van der Waals surface area contributed by atoms with Gasteiger partial charge in [-0.2, -0.15) is 4.79 Å². The third-order valence-corrected chi connectivity index (χ3v) is 2.43. The van der Waals surface area contributed by atoms with Crippen LogP contribution >= 0.6 is 0 Å². The quantitative estimate of drug-likeness (QED) is 0.285. The zero-order chi connectivity index (χ0) is 9.68. The van der Waals surface area contributed by atoms with Crippen LogP contribution in [0.1, 0.15) is 26.2 Å². The lowest BCUT2D eigenvalue weighted by Crippen LogP contribution is -2.13. The van der Waals surface area contributed by atoms with E-state index in [4.69, 9.17) is 10.3 Å². The zero-order valence-electron chi connectivity index (χ0n) is 7.77. The number of carbonyl (C=O) groups is 1. The maximum Gasteiger partial charge on any atom is 0.413 e. The predicted molar refractivity (Wildman–Crippen MR) is 47.1 cm³/mol. The van der Waals surface area contributed by atoms with E-state index in [1.54, 1.807) is 0 Å². The van der Waals surface area contributed by atoms with Crippen molar-refractivity contribution < 1.29 is 14.3 Å². The van der Waals surface area contributed by atoms with E-state index < -0.39 is 5.97 Å². The van der Waals surface area contributed by atoms with Gasteiger partial charge in [-0.05, 0) is 24.7 Å². The van der Waals surface area contributed by atoms with Gasteiger partial charge in [0.25, 0.3) is 0 Å². The number of hydrogen-bond donors (Lipinski definition) is 0. The van der Waals surface area contributed by atoms with E-state index in [-0.39, 0.29) is 0 Å². The molecule has 0 spiro atoms. The highest BCUT2D eigenvalue weighted by Crippen LogP contribution is 2.30. The van der Waals surface area contributed by atoms with Crippen LogP contribution in [0.2, 0.25) is 0 Å². The first-order valence-electron chi connectivity index (χ1n) is 4.56. The van der Waals surface area contributed by atoms with Gasteiger partial charge in [-0.3, -0.25) is 0 Å². The van der Waals surface area contributed by atoms with Crippen LogP contribution in [0, 0.1) is 11.8 Å². The molecular formula is C9H14N2O2. The van der Waals surface area contributed by atoms with Crippen molar-refractivity contribution in [3.63, 3.8) is 0 Å². The molecule has 0 radical (unpaired) electrons. The smallest absolute Gasteiger partial charge is 0.413 e. The predicted octanol–water partition coefficient (Wildman–Crippen LogP) is 1.27. The molecule has 0 aromatic carbocycles. The molecule has 0 aliphatic heterocycles. The third kappa shape index (κ3) is 3.38. The van der Waals surface area contributed by atoms with Crippen molar-refractivity contribution in [2.24, 2.45) is 11.8 Å². The van der Waals surface area contributed by atoms with Crippen LogP contribution in [0.15, 0.2) is 0 Å². The van der Waals surface area contributed by atoms with Crippen molar-refractivity contribution in [1.29, 1.82) is 0 Å². The Balaban J connectivity index is 2.19. The summed E-state index contributed by atoms with van der Waals surface area (Å²) >= 11 is 0. The Bertz CT molecular complexity index is 234. The molecule has 0 aromatic rings. The van der Waals surface area contributed by atoms with Crippen LogP contribution in [0.3, 0.4) is 0 Å². The van der Waals surface area contributed by atoms with E-state index in [1.807, 2.05) is 0 Å². The second-order valence-electron chi connectivity index (χ2n) is 3.66. The highest BCUT2D eigenvalue weighted by atomic mass is 16.5. The Hall–Kier alpha value is -1.15. The molecular weight excluding hydrogens is 168 g/mol. The van der Waals surface area contributed by atoms with Gasteiger partial charge in [-0.15, -0.1) is 0 Å². The minimum absolute atomic E-state index is 0.454. The fourth-order valence-electron chi connectivity index (χ4n) is 1.76. The maximum absolute atomic E-state index is 10.7. The molecule has 2 atom stereocenters. The van der Waals surface area contributed by atoms with Crippen molar-refractivity contribution in [1.82, 2.24) is 0 Å². The number of nitrogens with zero attached hydrogens (tertiary/aromatic N) is 2. The first-order valence-corrected chi connectivity index (χ1v) is 4.56. The third-order valence-electron chi connectivity index (χ3n) is 2.43. The molecule has 0 N–H and O–H groups in total. The van der Waals surface area contributed by atoms with Crippen molar-refractivity contribution in [2.75, 3.05) is 6.61 Å². The molecule has 1 aliphatic rings. The summed E-state index contributed by atoms with van der Waals surface area (Å²) < 4.78 is 4.87. The van der Waals surface area contributed by atoms with E-state index in [0.29, 0.717) is 12.5 Å². The summed E-state index contributed by atoms with van der Waals surface area (Å²) in [4.78, 5) is 13.3. The fourth-order valence-corrected chi connectivity index (χ4v) is 1.76. The first-order chi connectivity index (χ1) is 6.22. The standard InChI is InChI=1S/C9H14N2O2/c1-7-2-3-8(4-7)6-13-9(12)5-11-10/h5,7-8H,2-4,6H2,1H3. The zero-order valence-corrected chi connectivity index (χ0v) is 7.77. The summed E-state index contributed by atoms with van der Waals surface area (Å²) in [5, 5.41) is 0. The van der Waals surface area contributed by atoms with Crippen LogP contribution in [-0.4, -0.2) is 23.6 Å². The van der Waals surface area contributed by atoms with E-state index in [1.165, 1.54) is 6.42 Å². The summed E-state index contributed by atoms with van der Waals surface area (Å²) in [6.45, 7) is 2.66. The molecule has 1 aliphatic carbocycles. The molecule has 0 saturated heterocycles. The van der Waals surface area contributed by atoms with E-state index in [9.17, 15) is 4.79 Å². The molecule has 1 saturated carbocycles. The normalized spacial score (nSPS) is 26.5. The van der Waals surface area contributed by atoms with Gasteiger partial charge in [0.05, 0.1) is 6.61 Å². The minimum atomic E-state index is -0.568. The lowest BCUT2D eigenvalue weighted by molar-refractivity contribution is -0.140. The molecule has 13 heavy (non-hydrogen) atoms. The van der Waals surface area contributed by atoms with Crippen LogP contribution in [0.4, 0.5) is 0 Å². The lowest BCUT2D eigenvalue weighted by Gasteiger charge is -2.07. The minimum Gasteiger partial charge on any atom is -0.457 e. The SMILES string of the molecule is CC1CCC(COC(=O)C=[N+]=[N-])C1. The largest absolute Gasteiger partial charge is 0.457 e. The van der Waals surface area contributed by atoms with Crippen molar-refractivity contribution in [2.45, 2.75) is 26.2 Å². The topological polar surface area (TPSA) is 62.7 Å². The summed E-state index contributed by atoms with van der Waals surface area (Å²) in [6, 6.07) is 0. The summed E-state index contributed by atoms with van der Waals surface area (Å²) in [5.74, 6) is 0.670. The molecule has 1 rings (SSSR count). The van der Waals surface area contributed by atoms with Crippen LogP contribution in [0.5, 0.6) is 0 Å². The van der Waals surface area contributed by atoms with E-state index in [2.05, 4.69) is 11.7 Å². The second kappa shape index (κ2) is 4.77. The maximum atomic E-state index is 10.7. The van der Waals surface area contributed by atoms with Gasteiger partial charge in [0.15, 0.2) is 0 Å². The Morgan fingerprint density at radius 1 is 1.69 bits per heavy atom. The second-order valence-corrected chi connectivity index (χ2v) is 3.66. The number of hydrogen-bond acceptors (Lipinski definition) is 2. The molecule has 4 heteroatoms. The molecule has 4 nitrogen and oxygen atoms in total.